The zero-order valence-electron chi connectivity index (χ0n) is 10.8. The van der Waals surface area contributed by atoms with Crippen LogP contribution in [0.3, 0.4) is 0 Å². The van der Waals surface area contributed by atoms with Gasteiger partial charge in [-0.2, -0.15) is 0 Å². The second-order valence-electron chi connectivity index (χ2n) is 4.16. The second-order valence-corrected chi connectivity index (χ2v) is 5.35. The maximum absolute atomic E-state index is 11.7. The van der Waals surface area contributed by atoms with Crippen LogP contribution in [0.5, 0.6) is 5.75 Å². The van der Waals surface area contributed by atoms with E-state index in [1.54, 1.807) is 12.1 Å². The van der Waals surface area contributed by atoms with Crippen molar-refractivity contribution in [2.24, 2.45) is 4.99 Å². The number of esters is 1. The highest BCUT2D eigenvalue weighted by Crippen LogP contribution is 2.25. The van der Waals surface area contributed by atoms with Gasteiger partial charge in [0.25, 0.3) is 0 Å². The number of carbonyl (C=O) groups excluding carboxylic acids is 2. The molecule has 1 heterocycles. The molecule has 0 bridgehead atoms. The lowest BCUT2D eigenvalue weighted by molar-refractivity contribution is -0.141. The first kappa shape index (κ1) is 14.4. The van der Waals surface area contributed by atoms with Crippen LogP contribution in [-0.4, -0.2) is 34.0 Å². The predicted molar refractivity (Wildman–Crippen MR) is 76.0 cm³/mol. The van der Waals surface area contributed by atoms with Gasteiger partial charge < -0.3 is 15.2 Å². The van der Waals surface area contributed by atoms with Gasteiger partial charge in [0.2, 0.25) is 5.91 Å². The quantitative estimate of drug-likeness (QED) is 0.823. The third-order valence-corrected chi connectivity index (χ3v) is 3.69. The molecule has 1 saturated heterocycles. The number of benzene rings is 1. The highest BCUT2D eigenvalue weighted by Gasteiger charge is 2.30. The van der Waals surface area contributed by atoms with Crippen molar-refractivity contribution in [3.8, 4) is 5.75 Å². The van der Waals surface area contributed by atoms with E-state index in [1.807, 2.05) is 0 Å². The molecule has 20 heavy (non-hydrogen) atoms. The number of nitrogens with zero attached hydrogens (tertiary/aromatic N) is 1. The van der Waals surface area contributed by atoms with Gasteiger partial charge in [0.1, 0.15) is 5.75 Å². The fourth-order valence-corrected chi connectivity index (χ4v) is 2.57. The summed E-state index contributed by atoms with van der Waals surface area (Å²) in [6, 6.07) is 6.36. The number of phenols is 1. The fraction of sp³-hybridized carbons (Fsp3) is 0.308. The predicted octanol–water partition coefficient (Wildman–Crippen LogP) is 1.56. The van der Waals surface area contributed by atoms with Gasteiger partial charge in [-0.15, -0.1) is 0 Å². The van der Waals surface area contributed by atoms with Crippen molar-refractivity contribution in [3.63, 3.8) is 0 Å². The van der Waals surface area contributed by atoms with E-state index in [1.165, 1.54) is 30.8 Å². The van der Waals surface area contributed by atoms with E-state index in [0.717, 1.165) is 0 Å². The molecule has 1 aliphatic rings. The smallest absolute Gasteiger partial charge is 0.302 e. The van der Waals surface area contributed by atoms with Gasteiger partial charge in [0.05, 0.1) is 17.5 Å². The lowest BCUT2D eigenvalue weighted by Gasteiger charge is -2.04. The Labute approximate surface area is 120 Å². The number of phenolic OH excluding ortho intramolecular Hbond substituents is 1. The van der Waals surface area contributed by atoms with Gasteiger partial charge in [0, 0.05) is 13.3 Å². The maximum Gasteiger partial charge on any atom is 0.302 e. The first-order chi connectivity index (χ1) is 9.54. The normalized spacial score (nSPS) is 19.9. The number of ether oxygens (including phenoxy) is 1. The molecule has 106 valence electrons. The minimum Gasteiger partial charge on any atom is -0.508 e. The second kappa shape index (κ2) is 6.42. The average molecular weight is 294 g/mol. The molecule has 1 atom stereocenters. The van der Waals surface area contributed by atoms with Crippen molar-refractivity contribution in [2.45, 2.75) is 18.6 Å². The number of hydrogen-bond acceptors (Lipinski definition) is 6. The van der Waals surface area contributed by atoms with Crippen molar-refractivity contribution in [1.82, 2.24) is 5.32 Å². The van der Waals surface area contributed by atoms with Gasteiger partial charge >= 0.3 is 5.97 Å². The number of amidine groups is 1. The number of nitrogens with one attached hydrogen (secondary N) is 1. The third-order valence-electron chi connectivity index (χ3n) is 2.54. The van der Waals surface area contributed by atoms with Crippen LogP contribution in [0.4, 0.5) is 5.69 Å². The molecule has 0 aliphatic carbocycles. The molecule has 1 unspecified atom stereocenters. The number of thioether (sulfide) groups is 1. The van der Waals surface area contributed by atoms with Crippen LogP contribution in [0.15, 0.2) is 29.3 Å². The third kappa shape index (κ3) is 3.99. The van der Waals surface area contributed by atoms with Crippen LogP contribution in [-0.2, 0) is 14.3 Å². The maximum atomic E-state index is 11.7. The minimum absolute atomic E-state index is 0.139. The van der Waals surface area contributed by atoms with E-state index in [4.69, 9.17) is 4.74 Å². The van der Waals surface area contributed by atoms with E-state index in [-0.39, 0.29) is 29.5 Å². The van der Waals surface area contributed by atoms with Crippen LogP contribution in [0.1, 0.15) is 13.3 Å². The lowest BCUT2D eigenvalue weighted by atomic mass is 10.3. The standard InChI is InChI=1S/C13H14N2O4S/c1-8(16)19-7-6-11-12(18)15-13(20-11)14-9-2-4-10(17)5-3-9/h2-5,11,17H,6-7H2,1H3,(H,14,15,18). The molecule has 0 radical (unpaired) electrons. The monoisotopic (exact) mass is 294 g/mol. The van der Waals surface area contributed by atoms with Crippen molar-refractivity contribution >= 4 is 34.5 Å². The summed E-state index contributed by atoms with van der Waals surface area (Å²) in [5.41, 5.74) is 0.645. The molecule has 1 fully saturated rings. The zero-order chi connectivity index (χ0) is 14.5. The molecule has 1 aliphatic heterocycles. The molecular weight excluding hydrogens is 280 g/mol. The molecule has 1 aromatic rings. The van der Waals surface area contributed by atoms with Crippen LogP contribution in [0.2, 0.25) is 0 Å². The molecule has 0 spiro atoms. The van der Waals surface area contributed by atoms with Crippen molar-refractivity contribution in [2.75, 3.05) is 6.61 Å². The molecule has 0 aromatic heterocycles. The van der Waals surface area contributed by atoms with Crippen molar-refractivity contribution in [1.29, 1.82) is 0 Å². The largest absolute Gasteiger partial charge is 0.508 e. The van der Waals surface area contributed by atoms with E-state index in [0.29, 0.717) is 17.3 Å². The first-order valence-corrected chi connectivity index (χ1v) is 6.91. The highest BCUT2D eigenvalue weighted by molar-refractivity contribution is 8.15. The Balaban J connectivity index is 1.94. The van der Waals surface area contributed by atoms with Crippen LogP contribution in [0.25, 0.3) is 0 Å². The van der Waals surface area contributed by atoms with E-state index < -0.39 is 0 Å². The van der Waals surface area contributed by atoms with Gasteiger partial charge in [-0.1, -0.05) is 11.8 Å². The summed E-state index contributed by atoms with van der Waals surface area (Å²) in [6.45, 7) is 1.55. The van der Waals surface area contributed by atoms with Gasteiger partial charge in [-0.05, 0) is 24.3 Å². The Morgan fingerprint density at radius 3 is 2.80 bits per heavy atom. The van der Waals surface area contributed by atoms with Crippen LogP contribution in [0, 0.1) is 0 Å². The van der Waals surface area contributed by atoms with E-state index in [2.05, 4.69) is 10.3 Å². The Kier molecular flexibility index (Phi) is 4.62. The number of rotatable bonds is 4. The SMILES string of the molecule is CC(=O)OCCC1SC(=Nc2ccc(O)cc2)NC1=O. The van der Waals surface area contributed by atoms with Crippen LogP contribution >= 0.6 is 11.8 Å². The summed E-state index contributed by atoms with van der Waals surface area (Å²) in [4.78, 5) is 26.6. The summed E-state index contributed by atoms with van der Waals surface area (Å²) in [6.07, 6.45) is 0.449. The minimum atomic E-state index is -0.355. The number of hydrogen-bond donors (Lipinski definition) is 2. The molecule has 2 rings (SSSR count). The molecule has 0 saturated carbocycles. The summed E-state index contributed by atoms with van der Waals surface area (Å²) in [7, 11) is 0. The number of amides is 1. The number of aromatic hydroxyl groups is 1. The van der Waals surface area contributed by atoms with Crippen molar-refractivity contribution < 1.29 is 19.4 Å². The summed E-state index contributed by atoms with van der Waals surface area (Å²) >= 11 is 1.31. The average Bonchev–Trinajstić information content (AvgIpc) is 2.72. The van der Waals surface area contributed by atoms with E-state index in [9.17, 15) is 14.7 Å². The molecule has 1 aromatic carbocycles. The molecule has 6 nitrogen and oxygen atoms in total. The molecular formula is C13H14N2O4S. The Hall–Kier alpha value is -2.02. The Morgan fingerprint density at radius 2 is 2.15 bits per heavy atom. The number of aliphatic imine (C=N–C) groups is 1. The zero-order valence-corrected chi connectivity index (χ0v) is 11.6. The van der Waals surface area contributed by atoms with Gasteiger partial charge in [-0.3, -0.25) is 9.59 Å². The van der Waals surface area contributed by atoms with Gasteiger partial charge in [-0.25, -0.2) is 4.99 Å². The van der Waals surface area contributed by atoms with Gasteiger partial charge in [0.15, 0.2) is 5.17 Å². The number of carbonyl (C=O) groups is 2. The highest BCUT2D eigenvalue weighted by atomic mass is 32.2. The molecule has 7 heteroatoms. The van der Waals surface area contributed by atoms with E-state index >= 15 is 0 Å². The summed E-state index contributed by atoms with van der Waals surface area (Å²) in [5, 5.41) is 12.1. The Bertz CT molecular complexity index is 542. The summed E-state index contributed by atoms with van der Waals surface area (Å²) < 4.78 is 4.82. The van der Waals surface area contributed by atoms with Crippen molar-refractivity contribution in [3.05, 3.63) is 24.3 Å². The van der Waals surface area contributed by atoms with Crippen LogP contribution < -0.4 is 5.32 Å². The molecule has 1 amide bonds. The first-order valence-electron chi connectivity index (χ1n) is 6.03. The summed E-state index contributed by atoms with van der Waals surface area (Å²) in [5.74, 6) is -0.331. The molecule has 2 N–H and O–H groups in total. The Morgan fingerprint density at radius 1 is 1.45 bits per heavy atom. The fourth-order valence-electron chi connectivity index (χ4n) is 1.60. The topological polar surface area (TPSA) is 88.0 Å². The lowest BCUT2D eigenvalue weighted by Crippen LogP contribution is -2.25.